The normalized spacial score (nSPS) is 9.94. The highest BCUT2D eigenvalue weighted by molar-refractivity contribution is 5.75. The number of ether oxygens (including phenoxy) is 1. The lowest BCUT2D eigenvalue weighted by atomic mass is 10.3. The number of benzene rings is 1. The Balaban J connectivity index is 0.000000360. The van der Waals surface area contributed by atoms with Crippen LogP contribution in [0.1, 0.15) is 0 Å². The number of carboxylic acid groups (broad SMARTS) is 1. The third-order valence-electron chi connectivity index (χ3n) is 1.37. The molecule has 0 saturated heterocycles. The lowest BCUT2D eigenvalue weighted by molar-refractivity contribution is -0.192. The summed E-state index contributed by atoms with van der Waals surface area (Å²) in [6, 6.07) is 9.07. The van der Waals surface area contributed by atoms with Gasteiger partial charge in [-0.1, -0.05) is 18.2 Å². The molecule has 0 aromatic heterocycles. The van der Waals surface area contributed by atoms with Gasteiger partial charge in [0.25, 0.3) is 5.91 Å². The van der Waals surface area contributed by atoms with E-state index in [-0.39, 0.29) is 6.61 Å². The SMILES string of the molecule is NC(=O)COc1ccccc1.O=C(O)C(F)(F)F. The van der Waals surface area contributed by atoms with Gasteiger partial charge in [0.05, 0.1) is 0 Å². The highest BCUT2D eigenvalue weighted by Crippen LogP contribution is 2.13. The number of carbonyl (C=O) groups excluding carboxylic acids is 1. The second kappa shape index (κ2) is 7.15. The zero-order valence-electron chi connectivity index (χ0n) is 8.98. The molecule has 18 heavy (non-hydrogen) atoms. The van der Waals surface area contributed by atoms with Gasteiger partial charge in [-0.2, -0.15) is 13.2 Å². The smallest absolute Gasteiger partial charge is 0.484 e. The number of primary amides is 1. The first-order valence-corrected chi connectivity index (χ1v) is 4.49. The minimum absolute atomic E-state index is 0.0655. The van der Waals surface area contributed by atoms with Gasteiger partial charge in [0.2, 0.25) is 0 Å². The van der Waals surface area contributed by atoms with E-state index in [1.54, 1.807) is 12.1 Å². The van der Waals surface area contributed by atoms with Crippen molar-refractivity contribution < 1.29 is 32.6 Å². The van der Waals surface area contributed by atoms with Crippen molar-refractivity contribution in [1.29, 1.82) is 0 Å². The van der Waals surface area contributed by atoms with Crippen LogP contribution in [0.5, 0.6) is 5.75 Å². The maximum Gasteiger partial charge on any atom is 0.490 e. The number of alkyl halides is 3. The molecule has 0 heterocycles. The van der Waals surface area contributed by atoms with Crippen LogP contribution in [0.3, 0.4) is 0 Å². The Morgan fingerprint density at radius 3 is 2.00 bits per heavy atom. The average molecular weight is 265 g/mol. The Kier molecular flexibility index (Phi) is 6.26. The Bertz CT molecular complexity index is 392. The van der Waals surface area contributed by atoms with Crippen LogP contribution in [0.4, 0.5) is 13.2 Å². The van der Waals surface area contributed by atoms with Crippen LogP contribution in [0, 0.1) is 0 Å². The molecule has 3 N–H and O–H groups in total. The van der Waals surface area contributed by atoms with Gasteiger partial charge >= 0.3 is 12.1 Å². The van der Waals surface area contributed by atoms with E-state index >= 15 is 0 Å². The first-order valence-electron chi connectivity index (χ1n) is 4.49. The molecule has 0 radical (unpaired) electrons. The average Bonchev–Trinajstić information content (AvgIpc) is 2.27. The van der Waals surface area contributed by atoms with Crippen molar-refractivity contribution in [3.05, 3.63) is 30.3 Å². The summed E-state index contributed by atoms with van der Waals surface area (Å²) in [5.41, 5.74) is 4.88. The minimum atomic E-state index is -5.08. The number of carboxylic acids is 1. The molecule has 100 valence electrons. The zero-order valence-corrected chi connectivity index (χ0v) is 8.98. The van der Waals surface area contributed by atoms with Crippen molar-refractivity contribution in [2.75, 3.05) is 6.61 Å². The number of amides is 1. The summed E-state index contributed by atoms with van der Waals surface area (Å²) in [5, 5.41) is 7.12. The van der Waals surface area contributed by atoms with E-state index in [0.29, 0.717) is 5.75 Å². The summed E-state index contributed by atoms with van der Waals surface area (Å²) >= 11 is 0. The number of rotatable bonds is 3. The molecule has 0 aliphatic carbocycles. The quantitative estimate of drug-likeness (QED) is 0.858. The van der Waals surface area contributed by atoms with Crippen molar-refractivity contribution in [3.63, 3.8) is 0 Å². The fraction of sp³-hybridized carbons (Fsp3) is 0.200. The molecule has 0 unspecified atom stereocenters. The molecule has 0 saturated carbocycles. The van der Waals surface area contributed by atoms with Crippen molar-refractivity contribution in [2.45, 2.75) is 6.18 Å². The van der Waals surface area contributed by atoms with Crippen LogP contribution >= 0.6 is 0 Å². The molecule has 1 aromatic carbocycles. The molecule has 5 nitrogen and oxygen atoms in total. The fourth-order valence-electron chi connectivity index (χ4n) is 0.671. The van der Waals surface area contributed by atoms with Crippen LogP contribution in [-0.2, 0) is 9.59 Å². The monoisotopic (exact) mass is 265 g/mol. The summed E-state index contributed by atoms with van der Waals surface area (Å²) in [6.07, 6.45) is -5.08. The number of hydrogen-bond acceptors (Lipinski definition) is 3. The van der Waals surface area contributed by atoms with E-state index in [2.05, 4.69) is 0 Å². The van der Waals surface area contributed by atoms with Gasteiger partial charge in [0.1, 0.15) is 5.75 Å². The summed E-state index contributed by atoms with van der Waals surface area (Å²) in [7, 11) is 0. The molecule has 0 fully saturated rings. The number of aliphatic carboxylic acids is 1. The highest BCUT2D eigenvalue weighted by Gasteiger charge is 2.38. The molecule has 0 aliphatic rings. The molecular weight excluding hydrogens is 255 g/mol. The van der Waals surface area contributed by atoms with Crippen molar-refractivity contribution in [1.82, 2.24) is 0 Å². The van der Waals surface area contributed by atoms with Crippen molar-refractivity contribution >= 4 is 11.9 Å². The summed E-state index contributed by atoms with van der Waals surface area (Å²) in [6.45, 7) is -0.0655. The van der Waals surface area contributed by atoms with E-state index < -0.39 is 18.1 Å². The molecule has 8 heteroatoms. The molecule has 1 rings (SSSR count). The van der Waals surface area contributed by atoms with Crippen LogP contribution in [-0.4, -0.2) is 29.8 Å². The predicted octanol–water partition coefficient (Wildman–Crippen LogP) is 1.18. The van der Waals surface area contributed by atoms with Crippen LogP contribution < -0.4 is 10.5 Å². The van der Waals surface area contributed by atoms with E-state index in [4.69, 9.17) is 20.4 Å². The Morgan fingerprint density at radius 1 is 1.22 bits per heavy atom. The minimum Gasteiger partial charge on any atom is -0.484 e. The molecular formula is C10H10F3NO4. The van der Waals surface area contributed by atoms with Crippen LogP contribution in [0.25, 0.3) is 0 Å². The van der Waals surface area contributed by atoms with Gasteiger partial charge < -0.3 is 15.6 Å². The summed E-state index contributed by atoms with van der Waals surface area (Å²) in [4.78, 5) is 19.2. The first-order chi connectivity index (χ1) is 8.23. The number of nitrogens with two attached hydrogens (primary N) is 1. The number of para-hydroxylation sites is 1. The van der Waals surface area contributed by atoms with E-state index in [1.807, 2.05) is 18.2 Å². The van der Waals surface area contributed by atoms with Crippen LogP contribution in [0.15, 0.2) is 30.3 Å². The fourth-order valence-corrected chi connectivity index (χ4v) is 0.671. The highest BCUT2D eigenvalue weighted by atomic mass is 19.4. The van der Waals surface area contributed by atoms with Gasteiger partial charge in [-0.05, 0) is 12.1 Å². The topological polar surface area (TPSA) is 89.6 Å². The van der Waals surface area contributed by atoms with Gasteiger partial charge in [0.15, 0.2) is 6.61 Å². The summed E-state index contributed by atoms with van der Waals surface area (Å²) < 4.78 is 36.7. The van der Waals surface area contributed by atoms with Gasteiger partial charge in [-0.15, -0.1) is 0 Å². The zero-order chi connectivity index (χ0) is 14.2. The maximum absolute atomic E-state index is 10.6. The predicted molar refractivity (Wildman–Crippen MR) is 54.8 cm³/mol. The van der Waals surface area contributed by atoms with E-state index in [9.17, 15) is 18.0 Å². The Morgan fingerprint density at radius 2 is 1.67 bits per heavy atom. The molecule has 1 aromatic rings. The number of carbonyl (C=O) groups is 2. The molecule has 0 spiro atoms. The van der Waals surface area contributed by atoms with Crippen molar-refractivity contribution in [2.24, 2.45) is 5.73 Å². The lowest BCUT2D eigenvalue weighted by Gasteiger charge is -2.00. The van der Waals surface area contributed by atoms with Gasteiger partial charge in [-0.25, -0.2) is 4.79 Å². The largest absolute Gasteiger partial charge is 0.490 e. The number of hydrogen-bond donors (Lipinski definition) is 2. The first kappa shape index (κ1) is 15.8. The second-order valence-corrected chi connectivity index (χ2v) is 2.87. The molecule has 0 aliphatic heterocycles. The van der Waals surface area contributed by atoms with Gasteiger partial charge in [0, 0.05) is 0 Å². The summed E-state index contributed by atoms with van der Waals surface area (Å²) in [5.74, 6) is -2.56. The van der Waals surface area contributed by atoms with Crippen molar-refractivity contribution in [3.8, 4) is 5.75 Å². The lowest BCUT2D eigenvalue weighted by Crippen LogP contribution is -2.21. The van der Waals surface area contributed by atoms with Gasteiger partial charge in [-0.3, -0.25) is 4.79 Å². The van der Waals surface area contributed by atoms with Crippen LogP contribution in [0.2, 0.25) is 0 Å². The molecule has 1 amide bonds. The third kappa shape index (κ3) is 7.97. The standard InChI is InChI=1S/C8H9NO2.C2HF3O2/c9-8(10)6-11-7-4-2-1-3-5-7;3-2(4,5)1(6)7/h1-5H,6H2,(H2,9,10);(H,6,7). The second-order valence-electron chi connectivity index (χ2n) is 2.87. The molecule has 0 atom stereocenters. The number of halogens is 3. The maximum atomic E-state index is 10.6. The third-order valence-corrected chi connectivity index (χ3v) is 1.37. The van der Waals surface area contributed by atoms with E-state index in [1.165, 1.54) is 0 Å². The Hall–Kier alpha value is -2.25. The molecule has 0 bridgehead atoms. The Labute approximate surface area is 100.0 Å². The van der Waals surface area contributed by atoms with E-state index in [0.717, 1.165) is 0 Å².